The number of carbonyl (C=O) groups is 1. The Bertz CT molecular complexity index is 714. The van der Waals surface area contributed by atoms with Crippen LogP contribution in [0.15, 0.2) is 65.6 Å². The van der Waals surface area contributed by atoms with Gasteiger partial charge in [0.2, 0.25) is 10.0 Å². The SMILES string of the molecule is O=C(O)[C@H](CCc1ccccc1)NS(=O)(=O)c1ccccc1. The number of aryl methyl sites for hydroxylation is 1. The van der Waals surface area contributed by atoms with Crippen LogP contribution in [-0.4, -0.2) is 25.5 Å². The number of hydrogen-bond acceptors (Lipinski definition) is 3. The Labute approximate surface area is 129 Å². The van der Waals surface area contributed by atoms with Gasteiger partial charge < -0.3 is 5.11 Å². The summed E-state index contributed by atoms with van der Waals surface area (Å²) in [7, 11) is -3.84. The highest BCUT2D eigenvalue weighted by Crippen LogP contribution is 2.11. The molecule has 1 atom stereocenters. The molecule has 0 spiro atoms. The van der Waals surface area contributed by atoms with Gasteiger partial charge in [0.1, 0.15) is 6.04 Å². The van der Waals surface area contributed by atoms with Crippen molar-refractivity contribution in [3.8, 4) is 0 Å². The zero-order chi connectivity index (χ0) is 16.0. The number of aliphatic carboxylic acids is 1. The van der Waals surface area contributed by atoms with Gasteiger partial charge in [-0.1, -0.05) is 48.5 Å². The molecule has 2 rings (SSSR count). The lowest BCUT2D eigenvalue weighted by Crippen LogP contribution is -2.41. The maximum Gasteiger partial charge on any atom is 0.321 e. The molecule has 22 heavy (non-hydrogen) atoms. The molecule has 0 amide bonds. The van der Waals surface area contributed by atoms with Crippen LogP contribution >= 0.6 is 0 Å². The van der Waals surface area contributed by atoms with Gasteiger partial charge in [0.05, 0.1) is 4.90 Å². The summed E-state index contributed by atoms with van der Waals surface area (Å²) in [6.07, 6.45) is 0.667. The van der Waals surface area contributed by atoms with Gasteiger partial charge in [-0.15, -0.1) is 0 Å². The Kier molecular flexibility index (Phi) is 5.30. The average molecular weight is 319 g/mol. The molecule has 0 radical (unpaired) electrons. The fourth-order valence-electron chi connectivity index (χ4n) is 2.04. The van der Waals surface area contributed by atoms with E-state index in [1.165, 1.54) is 12.1 Å². The van der Waals surface area contributed by atoms with E-state index in [0.717, 1.165) is 5.56 Å². The van der Waals surface area contributed by atoms with E-state index in [1.54, 1.807) is 18.2 Å². The first kappa shape index (κ1) is 16.2. The molecule has 0 unspecified atom stereocenters. The zero-order valence-corrected chi connectivity index (χ0v) is 12.7. The van der Waals surface area contributed by atoms with Crippen LogP contribution in [0, 0.1) is 0 Å². The fourth-order valence-corrected chi connectivity index (χ4v) is 3.29. The van der Waals surface area contributed by atoms with Crippen molar-refractivity contribution in [2.45, 2.75) is 23.8 Å². The summed E-state index contributed by atoms with van der Waals surface area (Å²) in [6, 6.07) is 15.9. The molecule has 116 valence electrons. The first-order chi connectivity index (χ1) is 10.5. The summed E-state index contributed by atoms with van der Waals surface area (Å²) in [5.41, 5.74) is 0.965. The molecule has 5 nitrogen and oxygen atoms in total. The van der Waals surface area contributed by atoms with Crippen LogP contribution in [-0.2, 0) is 21.2 Å². The largest absolute Gasteiger partial charge is 0.480 e. The molecule has 0 saturated heterocycles. The van der Waals surface area contributed by atoms with Crippen molar-refractivity contribution in [2.75, 3.05) is 0 Å². The number of rotatable bonds is 7. The molecule has 2 aromatic rings. The molecule has 0 aliphatic rings. The molecule has 0 aliphatic carbocycles. The van der Waals surface area contributed by atoms with E-state index in [1.807, 2.05) is 30.3 Å². The van der Waals surface area contributed by atoms with Crippen molar-refractivity contribution in [1.82, 2.24) is 4.72 Å². The Morgan fingerprint density at radius 1 is 1.00 bits per heavy atom. The van der Waals surface area contributed by atoms with E-state index in [9.17, 15) is 18.3 Å². The highest BCUT2D eigenvalue weighted by molar-refractivity contribution is 7.89. The van der Waals surface area contributed by atoms with Crippen molar-refractivity contribution in [3.05, 3.63) is 66.2 Å². The second-order valence-electron chi connectivity index (χ2n) is 4.85. The number of carboxylic acids is 1. The van der Waals surface area contributed by atoms with Gasteiger partial charge in [-0.3, -0.25) is 4.79 Å². The summed E-state index contributed by atoms with van der Waals surface area (Å²) in [6.45, 7) is 0. The van der Waals surface area contributed by atoms with E-state index in [2.05, 4.69) is 4.72 Å². The second-order valence-corrected chi connectivity index (χ2v) is 6.56. The number of nitrogens with one attached hydrogen (secondary N) is 1. The highest BCUT2D eigenvalue weighted by atomic mass is 32.2. The maximum atomic E-state index is 12.2. The number of benzene rings is 2. The van der Waals surface area contributed by atoms with Crippen LogP contribution in [0.3, 0.4) is 0 Å². The minimum Gasteiger partial charge on any atom is -0.480 e. The van der Waals surface area contributed by atoms with Crippen molar-refractivity contribution >= 4 is 16.0 Å². The van der Waals surface area contributed by atoms with Crippen LogP contribution in [0.1, 0.15) is 12.0 Å². The smallest absolute Gasteiger partial charge is 0.321 e. The van der Waals surface area contributed by atoms with Gasteiger partial charge in [-0.05, 0) is 30.5 Å². The molecule has 0 saturated carbocycles. The Balaban J connectivity index is 2.07. The number of hydrogen-bond donors (Lipinski definition) is 2. The summed E-state index contributed by atoms with van der Waals surface area (Å²) in [5.74, 6) is -1.18. The third-order valence-corrected chi connectivity index (χ3v) is 4.70. The predicted molar refractivity (Wildman–Crippen MR) is 83.0 cm³/mol. The van der Waals surface area contributed by atoms with Gasteiger partial charge in [0, 0.05) is 0 Å². The molecule has 0 bridgehead atoms. The number of sulfonamides is 1. The first-order valence-electron chi connectivity index (χ1n) is 6.83. The molecule has 0 aliphatic heterocycles. The van der Waals surface area contributed by atoms with Gasteiger partial charge in [0.25, 0.3) is 0 Å². The maximum absolute atomic E-state index is 12.2. The Morgan fingerprint density at radius 2 is 1.55 bits per heavy atom. The second kappa shape index (κ2) is 7.20. The molecular weight excluding hydrogens is 302 g/mol. The van der Waals surface area contributed by atoms with Crippen molar-refractivity contribution in [2.24, 2.45) is 0 Å². The molecule has 6 heteroatoms. The van der Waals surface area contributed by atoms with Crippen LogP contribution in [0.4, 0.5) is 0 Å². The molecular formula is C16H17NO4S. The van der Waals surface area contributed by atoms with E-state index in [0.29, 0.717) is 6.42 Å². The third kappa shape index (κ3) is 4.41. The minimum atomic E-state index is -3.84. The molecule has 2 N–H and O–H groups in total. The lowest BCUT2D eigenvalue weighted by molar-refractivity contribution is -0.139. The zero-order valence-electron chi connectivity index (χ0n) is 11.8. The van der Waals surface area contributed by atoms with Gasteiger partial charge >= 0.3 is 5.97 Å². The van der Waals surface area contributed by atoms with Gasteiger partial charge in [0.15, 0.2) is 0 Å². The summed E-state index contributed by atoms with van der Waals surface area (Å²) in [4.78, 5) is 11.4. The van der Waals surface area contributed by atoms with E-state index in [4.69, 9.17) is 0 Å². The van der Waals surface area contributed by atoms with E-state index >= 15 is 0 Å². The standard InChI is InChI=1S/C16H17NO4S/c18-16(19)15(12-11-13-7-3-1-4-8-13)17-22(20,21)14-9-5-2-6-10-14/h1-10,15,17H,11-12H2,(H,18,19)/t15-/m0/s1. The predicted octanol–water partition coefficient (Wildman–Crippen LogP) is 2.05. The van der Waals surface area contributed by atoms with Crippen LogP contribution in [0.25, 0.3) is 0 Å². The monoisotopic (exact) mass is 319 g/mol. The highest BCUT2D eigenvalue weighted by Gasteiger charge is 2.24. The summed E-state index contributed by atoms with van der Waals surface area (Å²) < 4.78 is 26.6. The van der Waals surface area contributed by atoms with Crippen LogP contribution in [0.5, 0.6) is 0 Å². The van der Waals surface area contributed by atoms with Crippen molar-refractivity contribution in [1.29, 1.82) is 0 Å². The normalized spacial score (nSPS) is 12.7. The molecule has 0 heterocycles. The quantitative estimate of drug-likeness (QED) is 0.818. The number of carboxylic acid groups (broad SMARTS) is 1. The summed E-state index contributed by atoms with van der Waals surface area (Å²) in [5, 5.41) is 9.23. The molecule has 0 fully saturated rings. The fraction of sp³-hybridized carbons (Fsp3) is 0.188. The summed E-state index contributed by atoms with van der Waals surface area (Å²) >= 11 is 0. The van der Waals surface area contributed by atoms with Gasteiger partial charge in [-0.25, -0.2) is 8.42 Å². The lowest BCUT2D eigenvalue weighted by atomic mass is 10.1. The van der Waals surface area contributed by atoms with Gasteiger partial charge in [-0.2, -0.15) is 4.72 Å². The van der Waals surface area contributed by atoms with Crippen molar-refractivity contribution in [3.63, 3.8) is 0 Å². The minimum absolute atomic E-state index is 0.0564. The Hall–Kier alpha value is -2.18. The lowest BCUT2D eigenvalue weighted by Gasteiger charge is -2.14. The molecule has 2 aromatic carbocycles. The average Bonchev–Trinajstić information content (AvgIpc) is 2.53. The molecule has 0 aromatic heterocycles. The first-order valence-corrected chi connectivity index (χ1v) is 8.31. The van der Waals surface area contributed by atoms with Crippen molar-refractivity contribution < 1.29 is 18.3 Å². The van der Waals surface area contributed by atoms with Crippen LogP contribution < -0.4 is 4.72 Å². The Morgan fingerprint density at radius 3 is 2.09 bits per heavy atom. The topological polar surface area (TPSA) is 83.5 Å². The third-order valence-electron chi connectivity index (χ3n) is 3.21. The van der Waals surface area contributed by atoms with E-state index in [-0.39, 0.29) is 11.3 Å². The van der Waals surface area contributed by atoms with Crippen LogP contribution in [0.2, 0.25) is 0 Å². The van der Waals surface area contributed by atoms with E-state index < -0.39 is 22.0 Å².